The molecule has 10 aromatic carbocycles. The molecule has 0 amide bonds. The second-order valence-electron chi connectivity index (χ2n) is 16.8. The number of para-hydroxylation sites is 1. The van der Waals surface area contributed by atoms with Gasteiger partial charge in [-0.3, -0.25) is 0 Å². The zero-order chi connectivity index (χ0) is 42.4. The summed E-state index contributed by atoms with van der Waals surface area (Å²) in [5.41, 5.74) is 17.1. The number of hydrogen-bond donors (Lipinski definition) is 0. The van der Waals surface area contributed by atoms with Crippen molar-refractivity contribution in [2.24, 2.45) is 0 Å². The zero-order valence-electron chi connectivity index (χ0n) is 35.3. The first-order chi connectivity index (χ1) is 31.8. The summed E-state index contributed by atoms with van der Waals surface area (Å²) < 4.78 is 0. The Hall–Kier alpha value is -8.20. The summed E-state index contributed by atoms with van der Waals surface area (Å²) in [5.74, 6) is 0.210. The molecule has 2 heteroatoms. The molecule has 0 fully saturated rings. The van der Waals surface area contributed by atoms with Gasteiger partial charge in [-0.1, -0.05) is 194 Å². The zero-order valence-corrected chi connectivity index (χ0v) is 35.3. The minimum atomic E-state index is 0.158. The van der Waals surface area contributed by atoms with E-state index in [1.54, 1.807) is 0 Å². The summed E-state index contributed by atoms with van der Waals surface area (Å²) in [6, 6.07) is 86.3. The standard InChI is InChI=1S/C62H44N2/c1-5-17-43(18-6-1)47-31-39-59-57(41-47)58-42-48(44-19-7-2-8-20-44)32-40-60(58)64(59)52-37-35-51(36-38-52)63(49-23-11-4-12-24-49)50-33-29-46(30-34-50)62-55-27-15-13-25-53(55)61(45-21-9-3-10-22-45)54-26-14-16-28-56(54)62/h1-42,57,59H. The Balaban J connectivity index is 0.927. The van der Waals surface area contributed by atoms with Crippen LogP contribution >= 0.6 is 0 Å². The first-order valence-electron chi connectivity index (χ1n) is 22.3. The molecule has 2 atom stereocenters. The lowest BCUT2D eigenvalue weighted by atomic mass is 9.85. The van der Waals surface area contributed by atoms with Crippen molar-refractivity contribution >= 4 is 55.6 Å². The molecule has 0 radical (unpaired) electrons. The van der Waals surface area contributed by atoms with E-state index < -0.39 is 0 Å². The Morgan fingerprint density at radius 1 is 0.359 bits per heavy atom. The van der Waals surface area contributed by atoms with Crippen molar-refractivity contribution in [3.63, 3.8) is 0 Å². The van der Waals surface area contributed by atoms with E-state index in [4.69, 9.17) is 0 Å². The highest BCUT2D eigenvalue weighted by molar-refractivity contribution is 6.21. The molecule has 0 aromatic heterocycles. The van der Waals surface area contributed by atoms with Gasteiger partial charge in [0.1, 0.15) is 0 Å². The fraction of sp³-hybridized carbons (Fsp3) is 0.0323. The number of fused-ring (bicyclic) bond motifs is 5. The molecule has 2 nitrogen and oxygen atoms in total. The minimum absolute atomic E-state index is 0.158. The molecule has 2 unspecified atom stereocenters. The molecule has 302 valence electrons. The summed E-state index contributed by atoms with van der Waals surface area (Å²) in [4.78, 5) is 4.90. The van der Waals surface area contributed by atoms with Crippen molar-refractivity contribution in [1.82, 2.24) is 0 Å². The molecule has 0 saturated heterocycles. The van der Waals surface area contributed by atoms with Gasteiger partial charge < -0.3 is 9.80 Å². The summed E-state index contributed by atoms with van der Waals surface area (Å²) in [5, 5.41) is 5.03. The molecule has 1 aliphatic carbocycles. The van der Waals surface area contributed by atoms with E-state index in [1.165, 1.54) is 83.0 Å². The number of nitrogens with zero attached hydrogens (tertiary/aromatic N) is 2. The minimum Gasteiger partial charge on any atom is -0.333 e. The average Bonchev–Trinajstić information content (AvgIpc) is 3.70. The summed E-state index contributed by atoms with van der Waals surface area (Å²) in [6.07, 6.45) is 7.19. The molecule has 0 bridgehead atoms. The van der Waals surface area contributed by atoms with E-state index in [-0.39, 0.29) is 12.0 Å². The Bertz CT molecular complexity index is 3300. The molecule has 2 aliphatic rings. The van der Waals surface area contributed by atoms with Crippen LogP contribution in [-0.2, 0) is 0 Å². The van der Waals surface area contributed by atoms with Gasteiger partial charge in [-0.2, -0.15) is 0 Å². The maximum atomic E-state index is 2.53. The van der Waals surface area contributed by atoms with Crippen LogP contribution in [0.15, 0.2) is 255 Å². The van der Waals surface area contributed by atoms with Crippen molar-refractivity contribution < 1.29 is 0 Å². The fourth-order valence-corrected chi connectivity index (χ4v) is 10.3. The molecule has 64 heavy (non-hydrogen) atoms. The van der Waals surface area contributed by atoms with Crippen LogP contribution in [0.25, 0.3) is 60.5 Å². The molecule has 0 N–H and O–H groups in total. The normalized spacial score (nSPS) is 15.2. The average molecular weight is 817 g/mol. The maximum absolute atomic E-state index is 2.53. The van der Waals surface area contributed by atoms with Crippen LogP contribution in [0, 0.1) is 0 Å². The van der Waals surface area contributed by atoms with Crippen LogP contribution in [-0.4, -0.2) is 6.04 Å². The van der Waals surface area contributed by atoms with Gasteiger partial charge in [-0.15, -0.1) is 0 Å². The predicted octanol–water partition coefficient (Wildman–Crippen LogP) is 16.7. The molecule has 10 aromatic rings. The van der Waals surface area contributed by atoms with Crippen LogP contribution in [0.1, 0.15) is 17.0 Å². The van der Waals surface area contributed by atoms with Crippen molar-refractivity contribution in [3.8, 4) is 33.4 Å². The second-order valence-corrected chi connectivity index (χ2v) is 16.8. The lowest BCUT2D eigenvalue weighted by Gasteiger charge is -2.31. The third kappa shape index (κ3) is 6.51. The van der Waals surface area contributed by atoms with E-state index in [2.05, 4.69) is 265 Å². The van der Waals surface area contributed by atoms with Gasteiger partial charge in [-0.25, -0.2) is 0 Å². The van der Waals surface area contributed by atoms with E-state index >= 15 is 0 Å². The van der Waals surface area contributed by atoms with Crippen molar-refractivity contribution in [1.29, 1.82) is 0 Å². The second kappa shape index (κ2) is 15.9. The van der Waals surface area contributed by atoms with Crippen LogP contribution in [0.4, 0.5) is 28.4 Å². The van der Waals surface area contributed by atoms with Gasteiger partial charge >= 0.3 is 0 Å². The number of hydrogen-bond acceptors (Lipinski definition) is 2. The maximum Gasteiger partial charge on any atom is 0.0630 e. The Kier molecular flexibility index (Phi) is 9.34. The van der Waals surface area contributed by atoms with E-state index in [9.17, 15) is 0 Å². The van der Waals surface area contributed by atoms with E-state index in [1.807, 2.05) is 0 Å². The highest BCUT2D eigenvalue weighted by Gasteiger charge is 2.38. The van der Waals surface area contributed by atoms with Gasteiger partial charge in [0, 0.05) is 34.4 Å². The SMILES string of the molecule is C1=CC2C(C=C1c1ccccc1)c1cc(-c3ccccc3)ccc1N2c1ccc(N(c2ccccc2)c2ccc(-c3c4ccccc4c(-c4ccccc4)c4ccccc34)cc2)cc1. The number of benzene rings is 10. The monoisotopic (exact) mass is 816 g/mol. The summed E-state index contributed by atoms with van der Waals surface area (Å²) in [7, 11) is 0. The van der Waals surface area contributed by atoms with Gasteiger partial charge in [0.2, 0.25) is 0 Å². The first-order valence-corrected chi connectivity index (χ1v) is 22.3. The first kappa shape index (κ1) is 37.6. The molecule has 0 spiro atoms. The third-order valence-electron chi connectivity index (χ3n) is 13.2. The molecule has 1 heterocycles. The predicted molar refractivity (Wildman–Crippen MR) is 271 cm³/mol. The molecule has 0 saturated carbocycles. The summed E-state index contributed by atoms with van der Waals surface area (Å²) >= 11 is 0. The van der Waals surface area contributed by atoms with Crippen molar-refractivity contribution in [2.45, 2.75) is 12.0 Å². The topological polar surface area (TPSA) is 6.48 Å². The highest BCUT2D eigenvalue weighted by atomic mass is 15.2. The lowest BCUT2D eigenvalue weighted by molar-refractivity contribution is 0.747. The Morgan fingerprint density at radius 2 is 0.797 bits per heavy atom. The Morgan fingerprint density at radius 3 is 1.36 bits per heavy atom. The van der Waals surface area contributed by atoms with Gasteiger partial charge in [0.15, 0.2) is 0 Å². The van der Waals surface area contributed by atoms with Gasteiger partial charge in [0.25, 0.3) is 0 Å². The quantitative estimate of drug-likeness (QED) is 0.141. The largest absolute Gasteiger partial charge is 0.333 e. The fourth-order valence-electron chi connectivity index (χ4n) is 10.3. The third-order valence-corrected chi connectivity index (χ3v) is 13.2. The highest BCUT2D eigenvalue weighted by Crippen LogP contribution is 2.51. The van der Waals surface area contributed by atoms with Crippen LogP contribution in [0.5, 0.6) is 0 Å². The molecular formula is C62H44N2. The van der Waals surface area contributed by atoms with Crippen LogP contribution in [0.3, 0.4) is 0 Å². The Labute approximate surface area is 375 Å². The van der Waals surface area contributed by atoms with Crippen molar-refractivity contribution in [3.05, 3.63) is 266 Å². The number of allylic oxidation sites excluding steroid dienone is 2. The number of anilines is 5. The van der Waals surface area contributed by atoms with E-state index in [0.717, 1.165) is 17.1 Å². The van der Waals surface area contributed by atoms with Gasteiger partial charge in [-0.05, 0) is 132 Å². The van der Waals surface area contributed by atoms with Crippen LogP contribution < -0.4 is 9.80 Å². The van der Waals surface area contributed by atoms with E-state index in [0.29, 0.717) is 0 Å². The van der Waals surface area contributed by atoms with Crippen molar-refractivity contribution in [2.75, 3.05) is 9.80 Å². The lowest BCUT2D eigenvalue weighted by Crippen LogP contribution is -2.29. The molecule has 12 rings (SSSR count). The van der Waals surface area contributed by atoms with Gasteiger partial charge in [0.05, 0.1) is 6.04 Å². The van der Waals surface area contributed by atoms with Crippen LogP contribution in [0.2, 0.25) is 0 Å². The molecule has 1 aliphatic heterocycles. The number of rotatable bonds is 8. The smallest absolute Gasteiger partial charge is 0.0630 e. The summed E-state index contributed by atoms with van der Waals surface area (Å²) in [6.45, 7) is 0. The molecular weight excluding hydrogens is 773 g/mol.